The van der Waals surface area contributed by atoms with Crippen molar-refractivity contribution in [2.24, 2.45) is 5.92 Å². The van der Waals surface area contributed by atoms with Gasteiger partial charge in [-0.05, 0) is 43.7 Å². The standard InChI is InChI=1S/C16H21N3O2/c1-2-9-20-11-12-3-4-14(10-12)16-18-15(19-21-16)13-5-7-17-8-6-13/h5-8,12,14H,2-4,9-11H2,1H3/t12-,14+/m0/s1. The van der Waals surface area contributed by atoms with Crippen LogP contribution in [0.25, 0.3) is 11.4 Å². The minimum Gasteiger partial charge on any atom is -0.381 e. The first-order valence-corrected chi connectivity index (χ1v) is 7.68. The highest BCUT2D eigenvalue weighted by molar-refractivity contribution is 5.52. The second kappa shape index (κ2) is 6.80. The lowest BCUT2D eigenvalue weighted by Gasteiger charge is -2.09. The van der Waals surface area contributed by atoms with Crippen LogP contribution in [-0.2, 0) is 4.74 Å². The zero-order valence-electron chi connectivity index (χ0n) is 12.4. The minimum atomic E-state index is 0.378. The van der Waals surface area contributed by atoms with Gasteiger partial charge in [-0.25, -0.2) is 0 Å². The Hall–Kier alpha value is -1.75. The molecule has 0 aromatic carbocycles. The lowest BCUT2D eigenvalue weighted by atomic mass is 10.1. The van der Waals surface area contributed by atoms with Gasteiger partial charge in [-0.2, -0.15) is 4.98 Å². The number of hydrogen-bond acceptors (Lipinski definition) is 5. The molecule has 1 aliphatic carbocycles. The molecule has 0 bridgehead atoms. The zero-order valence-corrected chi connectivity index (χ0v) is 12.4. The average molecular weight is 287 g/mol. The summed E-state index contributed by atoms with van der Waals surface area (Å²) >= 11 is 0. The number of hydrogen-bond donors (Lipinski definition) is 0. The molecule has 2 aromatic rings. The largest absolute Gasteiger partial charge is 0.381 e. The lowest BCUT2D eigenvalue weighted by Crippen LogP contribution is -2.06. The number of nitrogens with zero attached hydrogens (tertiary/aromatic N) is 3. The molecule has 1 fully saturated rings. The van der Waals surface area contributed by atoms with Gasteiger partial charge < -0.3 is 9.26 Å². The Bertz CT molecular complexity index is 556. The van der Waals surface area contributed by atoms with Gasteiger partial charge in [0.1, 0.15) is 0 Å². The van der Waals surface area contributed by atoms with E-state index in [2.05, 4.69) is 22.0 Å². The van der Waals surface area contributed by atoms with Crippen LogP contribution < -0.4 is 0 Å². The summed E-state index contributed by atoms with van der Waals surface area (Å²) in [7, 11) is 0. The normalized spacial score (nSPS) is 21.8. The van der Waals surface area contributed by atoms with Crippen molar-refractivity contribution in [1.29, 1.82) is 0 Å². The zero-order chi connectivity index (χ0) is 14.5. The average Bonchev–Trinajstić information content (AvgIpc) is 3.17. The fourth-order valence-corrected chi connectivity index (χ4v) is 2.86. The first-order valence-electron chi connectivity index (χ1n) is 7.68. The molecule has 0 aliphatic heterocycles. The highest BCUT2D eigenvalue weighted by Crippen LogP contribution is 2.38. The maximum absolute atomic E-state index is 5.65. The maximum Gasteiger partial charge on any atom is 0.230 e. The van der Waals surface area contributed by atoms with Gasteiger partial charge in [-0.3, -0.25) is 4.98 Å². The van der Waals surface area contributed by atoms with E-state index in [4.69, 9.17) is 9.26 Å². The van der Waals surface area contributed by atoms with E-state index in [1.54, 1.807) is 12.4 Å². The van der Waals surface area contributed by atoms with E-state index < -0.39 is 0 Å². The van der Waals surface area contributed by atoms with Crippen molar-refractivity contribution in [3.05, 3.63) is 30.4 Å². The van der Waals surface area contributed by atoms with Crippen LogP contribution in [0, 0.1) is 5.92 Å². The van der Waals surface area contributed by atoms with E-state index in [9.17, 15) is 0 Å². The molecular weight excluding hydrogens is 266 g/mol. The number of pyridine rings is 1. The first kappa shape index (κ1) is 14.2. The molecule has 0 N–H and O–H groups in total. The molecule has 0 radical (unpaired) electrons. The van der Waals surface area contributed by atoms with Crippen LogP contribution in [0.15, 0.2) is 29.0 Å². The molecule has 3 rings (SSSR count). The van der Waals surface area contributed by atoms with Crippen molar-refractivity contribution >= 4 is 0 Å². The smallest absolute Gasteiger partial charge is 0.230 e. The molecule has 5 nitrogen and oxygen atoms in total. The molecule has 21 heavy (non-hydrogen) atoms. The second-order valence-corrected chi connectivity index (χ2v) is 5.64. The molecule has 0 spiro atoms. The van der Waals surface area contributed by atoms with Gasteiger partial charge >= 0.3 is 0 Å². The highest BCUT2D eigenvalue weighted by Gasteiger charge is 2.30. The summed E-state index contributed by atoms with van der Waals surface area (Å²) in [6.07, 6.45) is 7.93. The minimum absolute atomic E-state index is 0.378. The number of aromatic nitrogens is 3. The predicted molar refractivity (Wildman–Crippen MR) is 78.7 cm³/mol. The molecule has 2 atom stereocenters. The van der Waals surface area contributed by atoms with Gasteiger partial charge in [0, 0.05) is 37.1 Å². The van der Waals surface area contributed by atoms with Crippen LogP contribution in [0.5, 0.6) is 0 Å². The molecule has 5 heteroatoms. The van der Waals surface area contributed by atoms with Crippen LogP contribution in [0.3, 0.4) is 0 Å². The Morgan fingerprint density at radius 3 is 2.95 bits per heavy atom. The first-order chi connectivity index (χ1) is 10.4. The summed E-state index contributed by atoms with van der Waals surface area (Å²) in [6.45, 7) is 3.85. The Morgan fingerprint density at radius 2 is 2.14 bits per heavy atom. The van der Waals surface area contributed by atoms with Crippen molar-refractivity contribution in [3.8, 4) is 11.4 Å². The monoisotopic (exact) mass is 287 g/mol. The summed E-state index contributed by atoms with van der Waals surface area (Å²) < 4.78 is 11.1. The third kappa shape index (κ3) is 3.47. The van der Waals surface area contributed by atoms with Gasteiger partial charge in [-0.1, -0.05) is 12.1 Å². The third-order valence-corrected chi connectivity index (χ3v) is 3.97. The predicted octanol–water partition coefficient (Wildman–Crippen LogP) is 3.44. The summed E-state index contributed by atoms with van der Waals surface area (Å²) in [5.74, 6) is 2.42. The summed E-state index contributed by atoms with van der Waals surface area (Å²) in [5.41, 5.74) is 0.945. The Kier molecular flexibility index (Phi) is 4.60. The summed E-state index contributed by atoms with van der Waals surface area (Å²) in [5, 5.41) is 4.09. The lowest BCUT2D eigenvalue weighted by molar-refractivity contribution is 0.101. The van der Waals surface area contributed by atoms with E-state index in [1.165, 1.54) is 6.42 Å². The molecule has 112 valence electrons. The van der Waals surface area contributed by atoms with Gasteiger partial charge in [0.25, 0.3) is 0 Å². The fraction of sp³-hybridized carbons (Fsp3) is 0.562. The number of rotatable bonds is 6. The van der Waals surface area contributed by atoms with E-state index in [-0.39, 0.29) is 0 Å². The topological polar surface area (TPSA) is 61.0 Å². The van der Waals surface area contributed by atoms with Crippen molar-refractivity contribution in [2.45, 2.75) is 38.5 Å². The van der Waals surface area contributed by atoms with Gasteiger partial charge in [0.05, 0.1) is 0 Å². The van der Waals surface area contributed by atoms with Crippen LogP contribution in [-0.4, -0.2) is 28.3 Å². The number of ether oxygens (including phenoxy) is 1. The molecule has 0 amide bonds. The molecule has 2 aromatic heterocycles. The Labute approximate surface area is 124 Å². The second-order valence-electron chi connectivity index (χ2n) is 5.64. The summed E-state index contributed by atoms with van der Waals surface area (Å²) in [6, 6.07) is 3.79. The highest BCUT2D eigenvalue weighted by atomic mass is 16.5. The van der Waals surface area contributed by atoms with E-state index in [0.29, 0.717) is 17.7 Å². The molecule has 1 aliphatic rings. The van der Waals surface area contributed by atoms with Gasteiger partial charge in [0.15, 0.2) is 0 Å². The fourth-order valence-electron chi connectivity index (χ4n) is 2.86. The Balaban J connectivity index is 1.60. The van der Waals surface area contributed by atoms with Crippen molar-refractivity contribution in [3.63, 3.8) is 0 Å². The quantitative estimate of drug-likeness (QED) is 0.762. The third-order valence-electron chi connectivity index (χ3n) is 3.97. The maximum atomic E-state index is 5.65. The van der Waals surface area contributed by atoms with Gasteiger partial charge in [0.2, 0.25) is 11.7 Å². The van der Waals surface area contributed by atoms with Crippen molar-refractivity contribution in [1.82, 2.24) is 15.1 Å². The summed E-state index contributed by atoms with van der Waals surface area (Å²) in [4.78, 5) is 8.55. The van der Waals surface area contributed by atoms with E-state index in [1.807, 2.05) is 12.1 Å². The molecule has 0 saturated heterocycles. The van der Waals surface area contributed by atoms with Crippen LogP contribution >= 0.6 is 0 Å². The van der Waals surface area contributed by atoms with Crippen LogP contribution in [0.2, 0.25) is 0 Å². The van der Waals surface area contributed by atoms with E-state index in [0.717, 1.165) is 43.9 Å². The molecule has 2 heterocycles. The molecule has 1 saturated carbocycles. The Morgan fingerprint density at radius 1 is 1.29 bits per heavy atom. The van der Waals surface area contributed by atoms with Crippen molar-refractivity contribution in [2.75, 3.05) is 13.2 Å². The van der Waals surface area contributed by atoms with Crippen LogP contribution in [0.1, 0.15) is 44.4 Å². The van der Waals surface area contributed by atoms with Crippen LogP contribution in [0.4, 0.5) is 0 Å². The molecule has 0 unspecified atom stereocenters. The molecular formula is C16H21N3O2. The van der Waals surface area contributed by atoms with Crippen molar-refractivity contribution < 1.29 is 9.26 Å². The van der Waals surface area contributed by atoms with E-state index >= 15 is 0 Å². The SMILES string of the molecule is CCCOC[C@H]1CC[C@@H](c2nc(-c3ccncc3)no2)C1. The van der Waals surface area contributed by atoms with Gasteiger partial charge in [-0.15, -0.1) is 0 Å².